The highest BCUT2D eigenvalue weighted by molar-refractivity contribution is 6.03. The average molecular weight is 380 g/mol. The molecule has 4 nitrogen and oxygen atoms in total. The van der Waals surface area contributed by atoms with Crippen LogP contribution >= 0.6 is 0 Å². The van der Waals surface area contributed by atoms with Crippen molar-refractivity contribution in [3.8, 4) is 0 Å². The van der Waals surface area contributed by atoms with E-state index in [1.807, 2.05) is 0 Å². The minimum absolute atomic E-state index is 0.0231. The van der Waals surface area contributed by atoms with Crippen molar-refractivity contribution in [2.24, 2.45) is 5.41 Å². The number of ether oxygens (including phenoxy) is 2. The summed E-state index contributed by atoms with van der Waals surface area (Å²) in [6.45, 7) is 3.59. The molecule has 0 aromatic heterocycles. The Labute approximate surface area is 154 Å². The Hall–Kier alpha value is -2.57. The van der Waals surface area contributed by atoms with E-state index in [2.05, 4.69) is 4.74 Å². The number of hydrogen-bond acceptors (Lipinski definition) is 4. The molecule has 3 rings (SSSR count). The van der Waals surface area contributed by atoms with Crippen molar-refractivity contribution in [2.75, 3.05) is 7.11 Å². The lowest BCUT2D eigenvalue weighted by Crippen LogP contribution is -2.36. The number of alkyl halides is 3. The van der Waals surface area contributed by atoms with E-state index in [0.717, 1.165) is 7.11 Å². The molecule has 1 aromatic carbocycles. The van der Waals surface area contributed by atoms with Gasteiger partial charge in [-0.1, -0.05) is 44.2 Å². The summed E-state index contributed by atoms with van der Waals surface area (Å²) in [6.07, 6.45) is -4.57. The molecular weight excluding hydrogens is 361 g/mol. The van der Waals surface area contributed by atoms with Crippen LogP contribution in [0.4, 0.5) is 13.2 Å². The number of carbonyl (C=O) groups is 2. The second-order valence-electron chi connectivity index (χ2n) is 7.46. The van der Waals surface area contributed by atoms with E-state index in [-0.39, 0.29) is 30.0 Å². The summed E-state index contributed by atoms with van der Waals surface area (Å²) in [4.78, 5) is 25.2. The summed E-state index contributed by atoms with van der Waals surface area (Å²) in [5, 5.41) is 0. The lowest BCUT2D eigenvalue weighted by Gasteiger charge is -2.38. The number of hydrogen-bond donors (Lipinski definition) is 0. The maximum atomic E-state index is 13.7. The summed E-state index contributed by atoms with van der Waals surface area (Å²) < 4.78 is 51.0. The molecule has 1 aromatic rings. The zero-order chi connectivity index (χ0) is 20.0. The number of methoxy groups -OCH3 is 1. The minimum atomic E-state index is -4.90. The van der Waals surface area contributed by atoms with Crippen LogP contribution in [0.2, 0.25) is 0 Å². The molecule has 0 bridgehead atoms. The van der Waals surface area contributed by atoms with Crippen LogP contribution in [0.5, 0.6) is 0 Å². The van der Waals surface area contributed by atoms with Gasteiger partial charge in [-0.3, -0.25) is 4.79 Å². The van der Waals surface area contributed by atoms with Crippen LogP contribution in [0.25, 0.3) is 0 Å². The van der Waals surface area contributed by atoms with Gasteiger partial charge in [0.25, 0.3) is 0 Å². The van der Waals surface area contributed by atoms with Gasteiger partial charge in [-0.25, -0.2) is 4.79 Å². The monoisotopic (exact) mass is 380 g/mol. The van der Waals surface area contributed by atoms with Crippen LogP contribution in [0, 0.1) is 5.41 Å². The van der Waals surface area contributed by atoms with Crippen molar-refractivity contribution in [1.82, 2.24) is 0 Å². The quantitative estimate of drug-likeness (QED) is 0.712. The van der Waals surface area contributed by atoms with Gasteiger partial charge in [-0.15, -0.1) is 0 Å². The van der Waals surface area contributed by atoms with Gasteiger partial charge in [0.15, 0.2) is 5.78 Å². The predicted molar refractivity (Wildman–Crippen MR) is 90.4 cm³/mol. The first-order chi connectivity index (χ1) is 12.5. The first-order valence-corrected chi connectivity index (χ1v) is 8.44. The number of halogens is 3. The zero-order valence-corrected chi connectivity index (χ0v) is 15.1. The number of carbonyl (C=O) groups excluding carboxylic acids is 2. The molecule has 1 aliphatic carbocycles. The van der Waals surface area contributed by atoms with E-state index in [1.54, 1.807) is 44.2 Å². The fourth-order valence-electron chi connectivity index (χ4n) is 3.65. The number of esters is 1. The first-order valence-electron chi connectivity index (χ1n) is 8.44. The molecule has 1 aliphatic heterocycles. The Bertz CT molecular complexity index is 848. The average Bonchev–Trinajstić information content (AvgIpc) is 2.58. The molecule has 0 saturated heterocycles. The predicted octanol–water partition coefficient (Wildman–Crippen LogP) is 4.43. The SMILES string of the molecule is COC(=O)C1=C(C(F)(F)F)OC2=C(C(=O)CC(C)(C)C2)C1c1ccccc1. The molecule has 0 amide bonds. The summed E-state index contributed by atoms with van der Waals surface area (Å²) in [5.41, 5.74) is -0.711. The highest BCUT2D eigenvalue weighted by atomic mass is 19.4. The largest absolute Gasteiger partial charge is 0.466 e. The maximum absolute atomic E-state index is 13.7. The van der Waals surface area contributed by atoms with Gasteiger partial charge in [0.2, 0.25) is 5.76 Å². The molecule has 0 radical (unpaired) electrons. The van der Waals surface area contributed by atoms with Crippen molar-refractivity contribution in [3.63, 3.8) is 0 Å². The fraction of sp³-hybridized carbons (Fsp3) is 0.400. The second-order valence-corrected chi connectivity index (χ2v) is 7.46. The highest BCUT2D eigenvalue weighted by Crippen LogP contribution is 2.51. The molecule has 1 unspecified atom stereocenters. The molecular formula is C20H19F3O4. The van der Waals surface area contributed by atoms with Crippen LogP contribution in [-0.2, 0) is 19.1 Å². The van der Waals surface area contributed by atoms with Crippen molar-refractivity contribution >= 4 is 11.8 Å². The molecule has 7 heteroatoms. The van der Waals surface area contributed by atoms with Crippen molar-refractivity contribution in [3.05, 3.63) is 58.6 Å². The number of benzene rings is 1. The third kappa shape index (κ3) is 3.50. The summed E-state index contributed by atoms with van der Waals surface area (Å²) in [6, 6.07) is 8.17. The normalized spacial score (nSPS) is 22.3. The van der Waals surface area contributed by atoms with Gasteiger partial charge >= 0.3 is 12.1 Å². The van der Waals surface area contributed by atoms with Crippen molar-refractivity contribution < 1.29 is 32.2 Å². The number of ketones is 1. The Kier molecular flexibility index (Phi) is 4.66. The van der Waals surface area contributed by atoms with Crippen molar-refractivity contribution in [2.45, 2.75) is 38.8 Å². The second kappa shape index (κ2) is 6.55. The van der Waals surface area contributed by atoms with Crippen LogP contribution in [0.1, 0.15) is 38.2 Å². The lowest BCUT2D eigenvalue weighted by atomic mass is 9.70. The van der Waals surface area contributed by atoms with Gasteiger partial charge in [0, 0.05) is 18.4 Å². The number of rotatable bonds is 2. The van der Waals surface area contributed by atoms with Crippen LogP contribution < -0.4 is 0 Å². The van der Waals surface area contributed by atoms with E-state index < -0.39 is 34.8 Å². The standard InChI is InChI=1S/C20H19F3O4/c1-19(2)9-12(24)15-13(10-19)27-17(20(21,22)23)16(18(25)26-3)14(15)11-7-5-4-6-8-11/h4-8,14H,9-10H2,1-3H3. The zero-order valence-electron chi connectivity index (χ0n) is 15.1. The molecule has 1 heterocycles. The minimum Gasteiger partial charge on any atom is -0.466 e. The fourth-order valence-corrected chi connectivity index (χ4v) is 3.65. The van der Waals surface area contributed by atoms with Gasteiger partial charge in [-0.2, -0.15) is 13.2 Å². The summed E-state index contributed by atoms with van der Waals surface area (Å²) >= 11 is 0. The Morgan fingerprint density at radius 3 is 2.37 bits per heavy atom. The van der Waals surface area contributed by atoms with Gasteiger partial charge in [0.1, 0.15) is 5.76 Å². The third-order valence-corrected chi connectivity index (χ3v) is 4.72. The van der Waals surface area contributed by atoms with Crippen LogP contribution in [0.3, 0.4) is 0 Å². The Morgan fingerprint density at radius 1 is 1.19 bits per heavy atom. The van der Waals surface area contributed by atoms with Crippen LogP contribution in [0.15, 0.2) is 53.0 Å². The maximum Gasteiger partial charge on any atom is 0.450 e. The van der Waals surface area contributed by atoms with Gasteiger partial charge in [0.05, 0.1) is 18.6 Å². The molecule has 0 spiro atoms. The van der Waals surface area contributed by atoms with Crippen molar-refractivity contribution in [1.29, 1.82) is 0 Å². The third-order valence-electron chi connectivity index (χ3n) is 4.72. The molecule has 0 N–H and O–H groups in total. The lowest BCUT2D eigenvalue weighted by molar-refractivity contribution is -0.144. The molecule has 27 heavy (non-hydrogen) atoms. The topological polar surface area (TPSA) is 52.6 Å². The summed E-state index contributed by atoms with van der Waals surface area (Å²) in [7, 11) is 1.00. The molecule has 2 aliphatic rings. The van der Waals surface area contributed by atoms with Gasteiger partial charge < -0.3 is 9.47 Å². The molecule has 0 saturated carbocycles. The summed E-state index contributed by atoms with van der Waals surface area (Å²) in [5.74, 6) is -4.10. The molecule has 144 valence electrons. The van der Waals surface area contributed by atoms with E-state index >= 15 is 0 Å². The Morgan fingerprint density at radius 2 is 1.81 bits per heavy atom. The van der Waals surface area contributed by atoms with Crippen LogP contribution in [-0.4, -0.2) is 25.0 Å². The molecule has 0 fully saturated rings. The smallest absolute Gasteiger partial charge is 0.450 e. The van der Waals surface area contributed by atoms with E-state index in [4.69, 9.17) is 4.74 Å². The van der Waals surface area contributed by atoms with E-state index in [1.165, 1.54) is 0 Å². The first kappa shape index (κ1) is 19.2. The number of allylic oxidation sites excluding steroid dienone is 3. The van der Waals surface area contributed by atoms with E-state index in [9.17, 15) is 22.8 Å². The molecule has 1 atom stereocenters. The van der Waals surface area contributed by atoms with E-state index in [0.29, 0.717) is 5.56 Å². The van der Waals surface area contributed by atoms with Gasteiger partial charge in [-0.05, 0) is 11.0 Å². The Balaban J connectivity index is 2.29. The number of Topliss-reactive ketones (excluding diaryl/α,β-unsaturated/α-hetero) is 1. The highest BCUT2D eigenvalue weighted by Gasteiger charge is 2.51.